The number of aromatic nitrogens is 2. The van der Waals surface area contributed by atoms with Crippen LogP contribution in [0.3, 0.4) is 0 Å². The van der Waals surface area contributed by atoms with Gasteiger partial charge in [0.05, 0.1) is 11.5 Å². The van der Waals surface area contributed by atoms with Gasteiger partial charge in [-0.1, -0.05) is 12.1 Å². The van der Waals surface area contributed by atoms with Crippen LogP contribution in [0.15, 0.2) is 30.5 Å². The summed E-state index contributed by atoms with van der Waals surface area (Å²) in [6, 6.07) is 5.94. The van der Waals surface area contributed by atoms with E-state index in [9.17, 15) is 25.4 Å². The highest BCUT2D eigenvalue weighted by molar-refractivity contribution is 5.74. The van der Waals surface area contributed by atoms with Gasteiger partial charge in [-0.2, -0.15) is 0 Å². The Morgan fingerprint density at radius 1 is 1.24 bits per heavy atom. The quantitative estimate of drug-likeness (QED) is 0.437. The first-order valence-corrected chi connectivity index (χ1v) is 7.36. The highest BCUT2D eigenvalue weighted by Gasteiger charge is 2.45. The van der Waals surface area contributed by atoms with Crippen LogP contribution in [0.2, 0.25) is 0 Å². The van der Waals surface area contributed by atoms with Crippen LogP contribution in [0.25, 0.3) is 11.3 Å². The maximum atomic E-state index is 11.2. The smallest absolute Gasteiger partial charge is 0.313 e. The number of aromatic hydroxyl groups is 1. The van der Waals surface area contributed by atoms with E-state index in [4.69, 9.17) is 9.84 Å². The Labute approximate surface area is 141 Å². The summed E-state index contributed by atoms with van der Waals surface area (Å²) < 4.78 is 5.34. The number of rotatable bonds is 4. The lowest BCUT2D eigenvalue weighted by molar-refractivity contribution is -0.384. The molecule has 0 saturated carbocycles. The molecule has 2 aromatic rings. The van der Waals surface area contributed by atoms with Gasteiger partial charge in [0.25, 0.3) is 0 Å². The molecule has 2 heterocycles. The van der Waals surface area contributed by atoms with E-state index in [1.54, 1.807) is 12.1 Å². The summed E-state index contributed by atoms with van der Waals surface area (Å²) >= 11 is 0. The zero-order chi connectivity index (χ0) is 18.1. The van der Waals surface area contributed by atoms with E-state index in [-0.39, 0.29) is 22.8 Å². The van der Waals surface area contributed by atoms with Crippen molar-refractivity contribution in [3.8, 4) is 17.0 Å². The molecule has 25 heavy (non-hydrogen) atoms. The van der Waals surface area contributed by atoms with E-state index in [0.29, 0.717) is 0 Å². The van der Waals surface area contributed by atoms with Crippen LogP contribution in [0.1, 0.15) is 11.9 Å². The van der Waals surface area contributed by atoms with Crippen molar-refractivity contribution >= 4 is 5.69 Å². The van der Waals surface area contributed by atoms with Crippen molar-refractivity contribution in [2.75, 3.05) is 6.61 Å². The summed E-state index contributed by atoms with van der Waals surface area (Å²) in [5.41, 5.74) is -0.465. The van der Waals surface area contributed by atoms with Crippen molar-refractivity contribution < 1.29 is 30.1 Å². The summed E-state index contributed by atoms with van der Waals surface area (Å²) in [6.07, 6.45) is -4.00. The molecule has 4 atom stereocenters. The number of hydrogen-bond acceptors (Lipinski definition) is 9. The lowest BCUT2D eigenvalue weighted by Crippen LogP contribution is -2.32. The Morgan fingerprint density at radius 3 is 2.56 bits per heavy atom. The number of aliphatic hydroxyl groups excluding tert-OH is 3. The monoisotopic (exact) mass is 349 g/mol. The van der Waals surface area contributed by atoms with Gasteiger partial charge in [0, 0.05) is 5.56 Å². The molecule has 1 saturated heterocycles. The average Bonchev–Trinajstić information content (AvgIpc) is 2.89. The molecule has 0 aliphatic carbocycles. The van der Waals surface area contributed by atoms with Gasteiger partial charge in [0.1, 0.15) is 36.4 Å². The summed E-state index contributed by atoms with van der Waals surface area (Å²) in [6.45, 7) is -0.520. The fourth-order valence-electron chi connectivity index (χ4n) is 2.64. The molecule has 132 valence electrons. The van der Waals surface area contributed by atoms with Gasteiger partial charge in [-0.05, 0) is 12.1 Å². The molecule has 1 fully saturated rings. The molecular weight excluding hydrogens is 334 g/mol. The molecule has 4 N–H and O–H groups in total. The van der Waals surface area contributed by atoms with Gasteiger partial charge in [-0.3, -0.25) is 10.1 Å². The molecular formula is C15H15N3O7. The van der Waals surface area contributed by atoms with Crippen LogP contribution in [0, 0.1) is 10.1 Å². The number of hydrogen-bond donors (Lipinski definition) is 4. The second kappa shape index (κ2) is 6.69. The molecule has 1 aromatic heterocycles. The van der Waals surface area contributed by atoms with Gasteiger partial charge in [0.2, 0.25) is 0 Å². The minimum atomic E-state index is -1.41. The number of ether oxygens (including phenoxy) is 1. The molecule has 0 amide bonds. The van der Waals surface area contributed by atoms with E-state index in [2.05, 4.69) is 9.97 Å². The Bertz CT molecular complexity index is 800. The van der Waals surface area contributed by atoms with Crippen LogP contribution >= 0.6 is 0 Å². The zero-order valence-electron chi connectivity index (χ0n) is 12.8. The first-order chi connectivity index (χ1) is 11.9. The van der Waals surface area contributed by atoms with E-state index in [0.717, 1.165) is 6.20 Å². The van der Waals surface area contributed by atoms with Gasteiger partial charge < -0.3 is 25.2 Å². The summed E-state index contributed by atoms with van der Waals surface area (Å²) in [5.74, 6) is -0.317. The normalized spacial score (nSPS) is 25.9. The van der Waals surface area contributed by atoms with E-state index in [1.807, 2.05) is 0 Å². The number of benzene rings is 1. The number of nitrogens with zero attached hydrogens (tertiary/aromatic N) is 3. The summed E-state index contributed by atoms with van der Waals surface area (Å²) in [4.78, 5) is 18.5. The maximum absolute atomic E-state index is 11.2. The number of aliphatic hydroxyl groups is 3. The number of para-hydroxylation sites is 1. The molecule has 0 unspecified atom stereocenters. The molecule has 0 bridgehead atoms. The third kappa shape index (κ3) is 3.03. The first-order valence-electron chi connectivity index (χ1n) is 7.36. The second-order valence-electron chi connectivity index (χ2n) is 5.50. The predicted octanol–water partition coefficient (Wildman–Crippen LogP) is -0.0886. The van der Waals surface area contributed by atoms with Crippen LogP contribution in [0.5, 0.6) is 5.75 Å². The second-order valence-corrected chi connectivity index (χ2v) is 5.50. The molecule has 3 rings (SSSR count). The van der Waals surface area contributed by atoms with E-state index >= 15 is 0 Å². The van der Waals surface area contributed by atoms with Crippen LogP contribution in [-0.2, 0) is 4.74 Å². The van der Waals surface area contributed by atoms with Crippen molar-refractivity contribution in [2.45, 2.75) is 24.4 Å². The lowest BCUT2D eigenvalue weighted by Gasteiger charge is -2.14. The Balaban J connectivity index is 2.08. The average molecular weight is 349 g/mol. The van der Waals surface area contributed by atoms with Crippen molar-refractivity contribution in [3.05, 3.63) is 46.4 Å². The first kappa shape index (κ1) is 17.2. The molecule has 1 aromatic carbocycles. The molecule has 1 aliphatic heterocycles. The molecule has 0 spiro atoms. The number of phenols is 1. The summed E-state index contributed by atoms with van der Waals surface area (Å²) in [5, 5.41) is 50.2. The van der Waals surface area contributed by atoms with Crippen LogP contribution in [0.4, 0.5) is 5.69 Å². The lowest BCUT2D eigenvalue weighted by atomic mass is 10.1. The fourth-order valence-corrected chi connectivity index (χ4v) is 2.64. The maximum Gasteiger partial charge on any atom is 0.313 e. The standard InChI is InChI=1S/C15H15N3O7/c19-6-10-12(21)13(22)14(25-10)15-16-5-8(18(23)24)11(17-15)7-3-1-2-4-9(7)20/h1-5,10,12-14,19-22H,6H2/t10-,12-,13-,14-/m1/s1. The highest BCUT2D eigenvalue weighted by atomic mass is 16.6. The van der Waals surface area contributed by atoms with Gasteiger partial charge in [0.15, 0.2) is 11.5 Å². The number of phenolic OH excluding ortho intramolecular Hbond substituents is 1. The van der Waals surface area contributed by atoms with Gasteiger partial charge >= 0.3 is 5.69 Å². The highest BCUT2D eigenvalue weighted by Crippen LogP contribution is 2.37. The van der Waals surface area contributed by atoms with Crippen molar-refractivity contribution in [3.63, 3.8) is 0 Å². The SMILES string of the molecule is O=[N+]([O-])c1cnc([C@@H]2O[C@H](CO)[C@@H](O)[C@H]2O)nc1-c1ccccc1O. The Hall–Kier alpha value is -2.66. The van der Waals surface area contributed by atoms with E-state index < -0.39 is 41.6 Å². The molecule has 0 radical (unpaired) electrons. The van der Waals surface area contributed by atoms with Crippen LogP contribution in [-0.4, -0.2) is 60.2 Å². The molecule has 10 nitrogen and oxygen atoms in total. The number of nitro groups is 1. The Morgan fingerprint density at radius 2 is 1.96 bits per heavy atom. The topological polar surface area (TPSA) is 159 Å². The molecule has 10 heteroatoms. The van der Waals surface area contributed by atoms with Gasteiger partial charge in [-0.15, -0.1) is 0 Å². The third-order valence-electron chi connectivity index (χ3n) is 3.94. The third-order valence-corrected chi connectivity index (χ3v) is 3.94. The van der Waals surface area contributed by atoms with Crippen molar-refractivity contribution in [1.29, 1.82) is 0 Å². The molecule has 1 aliphatic rings. The Kier molecular flexibility index (Phi) is 4.59. The van der Waals surface area contributed by atoms with Crippen LogP contribution < -0.4 is 0 Å². The van der Waals surface area contributed by atoms with Crippen molar-refractivity contribution in [1.82, 2.24) is 9.97 Å². The van der Waals surface area contributed by atoms with Crippen molar-refractivity contribution in [2.24, 2.45) is 0 Å². The zero-order valence-corrected chi connectivity index (χ0v) is 12.8. The van der Waals surface area contributed by atoms with E-state index in [1.165, 1.54) is 12.1 Å². The summed E-state index contributed by atoms with van der Waals surface area (Å²) in [7, 11) is 0. The largest absolute Gasteiger partial charge is 0.507 e. The minimum Gasteiger partial charge on any atom is -0.507 e. The van der Waals surface area contributed by atoms with Gasteiger partial charge in [-0.25, -0.2) is 9.97 Å². The minimum absolute atomic E-state index is 0.105. The fraction of sp³-hybridized carbons (Fsp3) is 0.333. The predicted molar refractivity (Wildman–Crippen MR) is 82.5 cm³/mol.